The van der Waals surface area contributed by atoms with E-state index in [2.05, 4.69) is 5.32 Å². The van der Waals surface area contributed by atoms with Crippen molar-refractivity contribution in [3.05, 3.63) is 24.3 Å². The van der Waals surface area contributed by atoms with Gasteiger partial charge in [-0.3, -0.25) is 0 Å². The van der Waals surface area contributed by atoms with Crippen LogP contribution in [0.2, 0.25) is 0 Å². The van der Waals surface area contributed by atoms with Crippen LogP contribution >= 0.6 is 0 Å². The molecule has 1 aromatic carbocycles. The highest BCUT2D eigenvalue weighted by Gasteiger charge is 2.46. The Morgan fingerprint density at radius 3 is 2.29 bits per heavy atom. The first-order valence-corrected chi connectivity index (χ1v) is 7.95. The van der Waals surface area contributed by atoms with Crippen molar-refractivity contribution in [2.45, 2.75) is 29.3 Å². The average Bonchev–Trinajstić information content (AvgIpc) is 2.35. The van der Waals surface area contributed by atoms with Crippen molar-refractivity contribution in [1.29, 1.82) is 0 Å². The maximum Gasteiger partial charge on any atom is 0.501 e. The summed E-state index contributed by atoms with van der Waals surface area (Å²) in [6.45, 7) is 0.905. The fraction of sp³-hybridized carbons (Fsp3) is 0.538. The normalized spacial score (nSPS) is 22.7. The molecule has 1 aromatic rings. The van der Waals surface area contributed by atoms with E-state index in [-0.39, 0.29) is 6.10 Å². The van der Waals surface area contributed by atoms with Crippen molar-refractivity contribution in [2.75, 3.05) is 13.6 Å². The van der Waals surface area contributed by atoms with Crippen LogP contribution in [0, 0.1) is 5.92 Å². The van der Waals surface area contributed by atoms with Gasteiger partial charge >= 0.3 is 5.51 Å². The first kappa shape index (κ1) is 16.1. The molecule has 0 atom stereocenters. The number of halogens is 3. The molecule has 0 amide bonds. The van der Waals surface area contributed by atoms with Crippen LogP contribution in [-0.2, 0) is 9.84 Å². The molecule has 0 unspecified atom stereocenters. The molecule has 21 heavy (non-hydrogen) atoms. The molecule has 1 saturated carbocycles. The van der Waals surface area contributed by atoms with E-state index < -0.39 is 20.2 Å². The summed E-state index contributed by atoms with van der Waals surface area (Å²) in [6, 6.07) is 4.35. The van der Waals surface area contributed by atoms with Crippen LogP contribution in [-0.4, -0.2) is 33.6 Å². The predicted molar refractivity (Wildman–Crippen MR) is 70.7 cm³/mol. The number of alkyl halides is 3. The maximum absolute atomic E-state index is 12.4. The predicted octanol–water partition coefficient (Wildman–Crippen LogP) is 2.36. The average molecular weight is 323 g/mol. The third kappa shape index (κ3) is 3.49. The lowest BCUT2D eigenvalue weighted by molar-refractivity contribution is -0.0436. The van der Waals surface area contributed by atoms with Gasteiger partial charge in [-0.2, -0.15) is 13.2 Å². The molecule has 1 aliphatic carbocycles. The second kappa shape index (κ2) is 5.84. The molecule has 0 radical (unpaired) electrons. The Bertz CT molecular complexity index is 578. The zero-order valence-corrected chi connectivity index (χ0v) is 12.2. The molecule has 118 valence electrons. The molecular formula is C13H16F3NO3S. The lowest BCUT2D eigenvalue weighted by Crippen LogP contribution is -2.38. The second-order valence-electron chi connectivity index (χ2n) is 5.06. The van der Waals surface area contributed by atoms with Gasteiger partial charge in [0.25, 0.3) is 9.84 Å². The van der Waals surface area contributed by atoms with Gasteiger partial charge in [0.1, 0.15) is 5.75 Å². The fourth-order valence-electron chi connectivity index (χ4n) is 2.25. The summed E-state index contributed by atoms with van der Waals surface area (Å²) in [6.07, 6.45) is 1.79. The Morgan fingerprint density at radius 1 is 1.24 bits per heavy atom. The summed E-state index contributed by atoms with van der Waals surface area (Å²) in [7, 11) is -3.42. The van der Waals surface area contributed by atoms with Crippen LogP contribution in [0.25, 0.3) is 0 Å². The smallest absolute Gasteiger partial charge is 0.490 e. The monoisotopic (exact) mass is 323 g/mol. The maximum atomic E-state index is 12.4. The number of benzene rings is 1. The van der Waals surface area contributed by atoms with Gasteiger partial charge < -0.3 is 10.1 Å². The van der Waals surface area contributed by atoms with E-state index in [1.54, 1.807) is 0 Å². The molecule has 0 heterocycles. The van der Waals surface area contributed by atoms with E-state index in [1.165, 1.54) is 12.1 Å². The Hall–Kier alpha value is -1.28. The topological polar surface area (TPSA) is 55.4 Å². The molecule has 0 bridgehead atoms. The minimum Gasteiger partial charge on any atom is -0.490 e. The van der Waals surface area contributed by atoms with Gasteiger partial charge in [-0.05, 0) is 56.6 Å². The molecule has 8 heteroatoms. The summed E-state index contributed by atoms with van der Waals surface area (Å²) in [5.41, 5.74) is -5.29. The molecule has 1 fully saturated rings. The van der Waals surface area contributed by atoms with Crippen molar-refractivity contribution in [1.82, 2.24) is 5.32 Å². The van der Waals surface area contributed by atoms with Crippen LogP contribution in [0.5, 0.6) is 5.75 Å². The van der Waals surface area contributed by atoms with Crippen molar-refractivity contribution in [3.63, 3.8) is 0 Å². The van der Waals surface area contributed by atoms with Crippen LogP contribution in [0.4, 0.5) is 13.2 Å². The van der Waals surface area contributed by atoms with E-state index in [0.29, 0.717) is 11.7 Å². The highest BCUT2D eigenvalue weighted by molar-refractivity contribution is 7.92. The fourth-order valence-corrected chi connectivity index (χ4v) is 3.01. The molecule has 0 spiro atoms. The van der Waals surface area contributed by atoms with Crippen molar-refractivity contribution in [3.8, 4) is 5.75 Å². The number of hydrogen-bond acceptors (Lipinski definition) is 4. The third-order valence-electron chi connectivity index (χ3n) is 3.43. The van der Waals surface area contributed by atoms with Crippen molar-refractivity contribution < 1.29 is 26.3 Å². The van der Waals surface area contributed by atoms with Gasteiger partial charge in [0, 0.05) is 0 Å². The van der Waals surface area contributed by atoms with Gasteiger partial charge in [-0.1, -0.05) is 0 Å². The molecule has 4 nitrogen and oxygen atoms in total. The molecule has 1 aliphatic rings. The quantitative estimate of drug-likeness (QED) is 0.904. The van der Waals surface area contributed by atoms with E-state index in [4.69, 9.17) is 4.74 Å². The Balaban J connectivity index is 1.98. The highest BCUT2D eigenvalue weighted by atomic mass is 32.2. The second-order valence-corrected chi connectivity index (χ2v) is 7.00. The SMILES string of the molecule is CNCC1CC(Oc2ccc(S(=O)(=O)C(F)(F)F)cc2)C1. The van der Waals surface area contributed by atoms with Crippen LogP contribution in [0.3, 0.4) is 0 Å². The minimum absolute atomic E-state index is 0.0356. The molecule has 0 saturated heterocycles. The van der Waals surface area contributed by atoms with Gasteiger partial charge in [-0.15, -0.1) is 0 Å². The lowest BCUT2D eigenvalue weighted by atomic mass is 9.82. The minimum atomic E-state index is -5.29. The summed E-state index contributed by atoms with van der Waals surface area (Å²) in [5, 5.41) is 3.06. The molecule has 2 rings (SSSR count). The van der Waals surface area contributed by atoms with E-state index in [1.807, 2.05) is 7.05 Å². The molecule has 1 N–H and O–H groups in total. The summed E-state index contributed by atoms with van der Waals surface area (Å²) >= 11 is 0. The number of hydrogen-bond donors (Lipinski definition) is 1. The zero-order chi connectivity index (χ0) is 15.7. The standard InChI is InChI=1S/C13H16F3NO3S/c1-17-8-9-6-11(7-9)20-10-2-4-12(5-3-10)21(18,19)13(14,15)16/h2-5,9,11,17H,6-8H2,1H3. The van der Waals surface area contributed by atoms with Crippen LogP contribution in [0.1, 0.15) is 12.8 Å². The molecular weight excluding hydrogens is 307 g/mol. The number of sulfone groups is 1. The van der Waals surface area contributed by atoms with E-state index >= 15 is 0 Å². The lowest BCUT2D eigenvalue weighted by Gasteiger charge is -2.35. The first-order chi connectivity index (χ1) is 9.74. The Labute approximate surface area is 121 Å². The molecule has 0 aromatic heterocycles. The number of ether oxygens (including phenoxy) is 1. The summed E-state index contributed by atoms with van der Waals surface area (Å²) in [5.74, 6) is 0.925. The highest BCUT2D eigenvalue weighted by Crippen LogP contribution is 2.33. The Morgan fingerprint density at radius 2 is 1.81 bits per heavy atom. The van der Waals surface area contributed by atoms with E-state index in [9.17, 15) is 21.6 Å². The number of nitrogens with one attached hydrogen (secondary N) is 1. The largest absolute Gasteiger partial charge is 0.501 e. The van der Waals surface area contributed by atoms with E-state index in [0.717, 1.165) is 31.5 Å². The van der Waals surface area contributed by atoms with Gasteiger partial charge in [0.05, 0.1) is 11.0 Å². The summed E-state index contributed by atoms with van der Waals surface area (Å²) in [4.78, 5) is -0.774. The Kier molecular flexibility index (Phi) is 4.48. The van der Waals surface area contributed by atoms with Gasteiger partial charge in [0.15, 0.2) is 0 Å². The van der Waals surface area contributed by atoms with Crippen LogP contribution in [0.15, 0.2) is 29.2 Å². The third-order valence-corrected chi connectivity index (χ3v) is 4.93. The van der Waals surface area contributed by atoms with Crippen molar-refractivity contribution in [2.24, 2.45) is 5.92 Å². The van der Waals surface area contributed by atoms with Crippen molar-refractivity contribution >= 4 is 9.84 Å². The first-order valence-electron chi connectivity index (χ1n) is 6.46. The van der Waals surface area contributed by atoms with Crippen LogP contribution < -0.4 is 10.1 Å². The number of rotatable bonds is 5. The zero-order valence-electron chi connectivity index (χ0n) is 11.4. The van der Waals surface area contributed by atoms with Gasteiger partial charge in [0.2, 0.25) is 0 Å². The molecule has 0 aliphatic heterocycles. The van der Waals surface area contributed by atoms with Gasteiger partial charge in [-0.25, -0.2) is 8.42 Å². The summed E-state index contributed by atoms with van der Waals surface area (Å²) < 4.78 is 65.1.